The average molecular weight is 241 g/mol. The molecule has 0 aromatic carbocycles. The molecule has 0 aliphatic heterocycles. The molecule has 3 nitrogen and oxygen atoms in total. The standard InChI is InChI=1S/C9H9BrN2O/c1-6(2)13-9-4-3-7(10)8(5-11)12-9/h3-4,6H,1-2H3. The number of pyridine rings is 1. The first kappa shape index (κ1) is 10.0. The molecular weight excluding hydrogens is 232 g/mol. The van der Waals surface area contributed by atoms with Gasteiger partial charge in [-0.3, -0.25) is 0 Å². The molecule has 68 valence electrons. The summed E-state index contributed by atoms with van der Waals surface area (Å²) >= 11 is 3.22. The van der Waals surface area contributed by atoms with Gasteiger partial charge in [-0.1, -0.05) is 0 Å². The van der Waals surface area contributed by atoms with Crippen molar-refractivity contribution in [3.63, 3.8) is 0 Å². The molecule has 1 aromatic heterocycles. The molecule has 0 radical (unpaired) electrons. The summed E-state index contributed by atoms with van der Waals surface area (Å²) < 4.78 is 6.01. The minimum Gasteiger partial charge on any atom is -0.475 e. The molecule has 0 unspecified atom stereocenters. The van der Waals surface area contributed by atoms with Crippen LogP contribution < -0.4 is 4.74 Å². The number of ether oxygens (including phenoxy) is 1. The molecule has 0 saturated heterocycles. The van der Waals surface area contributed by atoms with E-state index in [1.165, 1.54) is 0 Å². The van der Waals surface area contributed by atoms with Gasteiger partial charge in [0.25, 0.3) is 0 Å². The Morgan fingerprint density at radius 2 is 2.23 bits per heavy atom. The highest BCUT2D eigenvalue weighted by Gasteiger charge is 2.04. The third kappa shape index (κ3) is 2.71. The van der Waals surface area contributed by atoms with Crippen LogP contribution in [0.15, 0.2) is 16.6 Å². The van der Waals surface area contributed by atoms with Crippen LogP contribution in [0.1, 0.15) is 19.5 Å². The molecule has 4 heteroatoms. The second-order valence-corrected chi connectivity index (χ2v) is 3.61. The molecule has 0 spiro atoms. The molecule has 0 N–H and O–H groups in total. The first-order valence-electron chi connectivity index (χ1n) is 3.87. The summed E-state index contributed by atoms with van der Waals surface area (Å²) in [4.78, 5) is 4.00. The zero-order valence-corrected chi connectivity index (χ0v) is 9.00. The number of aromatic nitrogens is 1. The fourth-order valence-electron chi connectivity index (χ4n) is 0.810. The number of nitriles is 1. The normalized spacial score (nSPS) is 9.77. The molecule has 0 aliphatic carbocycles. The van der Waals surface area contributed by atoms with Gasteiger partial charge >= 0.3 is 0 Å². The Bertz CT molecular complexity index is 344. The molecule has 0 atom stereocenters. The van der Waals surface area contributed by atoms with Crippen LogP contribution in [0, 0.1) is 11.3 Å². The number of hydrogen-bond donors (Lipinski definition) is 0. The van der Waals surface area contributed by atoms with E-state index in [0.29, 0.717) is 16.0 Å². The van der Waals surface area contributed by atoms with Crippen LogP contribution in [-0.2, 0) is 0 Å². The summed E-state index contributed by atoms with van der Waals surface area (Å²) in [5, 5.41) is 8.68. The van der Waals surface area contributed by atoms with Crippen molar-refractivity contribution in [1.82, 2.24) is 4.98 Å². The van der Waals surface area contributed by atoms with Gasteiger partial charge in [-0.15, -0.1) is 0 Å². The van der Waals surface area contributed by atoms with Gasteiger partial charge in [0.15, 0.2) is 5.69 Å². The van der Waals surface area contributed by atoms with E-state index >= 15 is 0 Å². The second-order valence-electron chi connectivity index (χ2n) is 2.76. The predicted molar refractivity (Wildman–Crippen MR) is 52.4 cm³/mol. The third-order valence-electron chi connectivity index (χ3n) is 1.28. The molecule has 1 heterocycles. The largest absolute Gasteiger partial charge is 0.475 e. The lowest BCUT2D eigenvalue weighted by Crippen LogP contribution is -2.07. The van der Waals surface area contributed by atoms with Gasteiger partial charge in [0.2, 0.25) is 5.88 Å². The zero-order valence-electron chi connectivity index (χ0n) is 7.41. The second kappa shape index (κ2) is 4.24. The van der Waals surface area contributed by atoms with Gasteiger partial charge in [-0.05, 0) is 35.8 Å². The first-order valence-corrected chi connectivity index (χ1v) is 4.66. The van der Waals surface area contributed by atoms with Crippen molar-refractivity contribution in [1.29, 1.82) is 5.26 Å². The Kier molecular flexibility index (Phi) is 3.26. The summed E-state index contributed by atoms with van der Waals surface area (Å²) in [6.07, 6.45) is 0.0696. The molecular formula is C9H9BrN2O. The lowest BCUT2D eigenvalue weighted by Gasteiger charge is -2.08. The van der Waals surface area contributed by atoms with Gasteiger partial charge in [-0.2, -0.15) is 5.26 Å². The topological polar surface area (TPSA) is 45.9 Å². The van der Waals surface area contributed by atoms with E-state index in [1.807, 2.05) is 19.9 Å². The minimum atomic E-state index is 0.0696. The highest BCUT2D eigenvalue weighted by atomic mass is 79.9. The zero-order chi connectivity index (χ0) is 9.84. The highest BCUT2D eigenvalue weighted by molar-refractivity contribution is 9.10. The Morgan fingerprint density at radius 1 is 1.54 bits per heavy atom. The lowest BCUT2D eigenvalue weighted by atomic mass is 10.4. The van der Waals surface area contributed by atoms with Crippen molar-refractivity contribution in [3.05, 3.63) is 22.3 Å². The van der Waals surface area contributed by atoms with Crippen LogP contribution in [0.25, 0.3) is 0 Å². The van der Waals surface area contributed by atoms with Crippen molar-refractivity contribution < 1.29 is 4.74 Å². The quantitative estimate of drug-likeness (QED) is 0.799. The van der Waals surface area contributed by atoms with Gasteiger partial charge in [0.05, 0.1) is 10.6 Å². The van der Waals surface area contributed by atoms with E-state index in [2.05, 4.69) is 20.9 Å². The molecule has 0 bridgehead atoms. The Morgan fingerprint density at radius 3 is 2.77 bits per heavy atom. The fourth-order valence-corrected chi connectivity index (χ4v) is 1.12. The Hall–Kier alpha value is -1.08. The van der Waals surface area contributed by atoms with E-state index in [4.69, 9.17) is 10.00 Å². The molecule has 1 aromatic rings. The highest BCUT2D eigenvalue weighted by Crippen LogP contribution is 2.18. The van der Waals surface area contributed by atoms with Gasteiger partial charge < -0.3 is 4.74 Å². The Labute approximate surface area is 85.5 Å². The maximum Gasteiger partial charge on any atom is 0.214 e. The number of hydrogen-bond acceptors (Lipinski definition) is 3. The number of halogens is 1. The minimum absolute atomic E-state index is 0.0696. The summed E-state index contributed by atoms with van der Waals surface area (Å²) in [6.45, 7) is 3.82. The third-order valence-corrected chi connectivity index (χ3v) is 1.92. The average Bonchev–Trinajstić information content (AvgIpc) is 2.07. The molecule has 0 amide bonds. The molecule has 1 rings (SSSR count). The van der Waals surface area contributed by atoms with Crippen LogP contribution in [0.3, 0.4) is 0 Å². The summed E-state index contributed by atoms with van der Waals surface area (Å²) in [7, 11) is 0. The van der Waals surface area contributed by atoms with Crippen molar-refractivity contribution in [2.24, 2.45) is 0 Å². The van der Waals surface area contributed by atoms with Crippen LogP contribution in [0.4, 0.5) is 0 Å². The van der Waals surface area contributed by atoms with E-state index in [1.54, 1.807) is 12.1 Å². The van der Waals surface area contributed by atoms with E-state index in [-0.39, 0.29) is 6.10 Å². The molecule has 13 heavy (non-hydrogen) atoms. The Balaban J connectivity index is 2.95. The van der Waals surface area contributed by atoms with E-state index < -0.39 is 0 Å². The maximum atomic E-state index is 8.68. The van der Waals surface area contributed by atoms with Crippen LogP contribution in [-0.4, -0.2) is 11.1 Å². The predicted octanol–water partition coefficient (Wildman–Crippen LogP) is 2.50. The van der Waals surface area contributed by atoms with Gasteiger partial charge in [0.1, 0.15) is 6.07 Å². The van der Waals surface area contributed by atoms with E-state index in [0.717, 1.165) is 0 Å². The van der Waals surface area contributed by atoms with Crippen LogP contribution in [0.5, 0.6) is 5.88 Å². The smallest absolute Gasteiger partial charge is 0.214 e. The number of rotatable bonds is 2. The summed E-state index contributed by atoms with van der Waals surface area (Å²) in [6, 6.07) is 5.45. The van der Waals surface area contributed by atoms with Crippen molar-refractivity contribution in [2.75, 3.05) is 0 Å². The van der Waals surface area contributed by atoms with Gasteiger partial charge in [0, 0.05) is 6.07 Å². The monoisotopic (exact) mass is 240 g/mol. The first-order chi connectivity index (χ1) is 6.13. The van der Waals surface area contributed by atoms with E-state index in [9.17, 15) is 0 Å². The van der Waals surface area contributed by atoms with Crippen molar-refractivity contribution in [3.8, 4) is 11.9 Å². The van der Waals surface area contributed by atoms with Crippen LogP contribution in [0.2, 0.25) is 0 Å². The molecule has 0 saturated carbocycles. The van der Waals surface area contributed by atoms with Crippen molar-refractivity contribution in [2.45, 2.75) is 20.0 Å². The maximum absolute atomic E-state index is 8.68. The van der Waals surface area contributed by atoms with Gasteiger partial charge in [-0.25, -0.2) is 4.98 Å². The van der Waals surface area contributed by atoms with Crippen molar-refractivity contribution >= 4 is 15.9 Å². The number of nitrogens with zero attached hydrogens (tertiary/aromatic N) is 2. The SMILES string of the molecule is CC(C)Oc1ccc(Br)c(C#N)n1. The summed E-state index contributed by atoms with van der Waals surface area (Å²) in [5.41, 5.74) is 0.346. The van der Waals surface area contributed by atoms with Crippen LogP contribution >= 0.6 is 15.9 Å². The fraction of sp³-hybridized carbons (Fsp3) is 0.333. The molecule has 0 aliphatic rings. The lowest BCUT2D eigenvalue weighted by molar-refractivity contribution is 0.232. The molecule has 0 fully saturated rings. The summed E-state index contributed by atoms with van der Waals surface area (Å²) in [5.74, 6) is 0.481.